The van der Waals surface area contributed by atoms with Gasteiger partial charge in [-0.15, -0.1) is 0 Å². The van der Waals surface area contributed by atoms with Crippen LogP contribution < -0.4 is 0 Å². The highest BCUT2D eigenvalue weighted by atomic mass is 32.1. The van der Waals surface area contributed by atoms with Crippen molar-refractivity contribution in [1.29, 1.82) is 0 Å². The minimum atomic E-state index is 0. The highest BCUT2D eigenvalue weighted by molar-refractivity contribution is 7.59. The van der Waals surface area contributed by atoms with Crippen molar-refractivity contribution in [3.05, 3.63) is 0 Å². The summed E-state index contributed by atoms with van der Waals surface area (Å²) in [6, 6.07) is 0. The lowest BCUT2D eigenvalue weighted by atomic mass is 9.83. The van der Waals surface area contributed by atoms with Crippen molar-refractivity contribution in [2.24, 2.45) is 11.8 Å². The van der Waals surface area contributed by atoms with Gasteiger partial charge in [0, 0.05) is 0 Å². The number of piperidine rings is 2. The summed E-state index contributed by atoms with van der Waals surface area (Å²) in [6.45, 7) is 12.7. The summed E-state index contributed by atoms with van der Waals surface area (Å²) in [5.74, 6) is 2.08. The van der Waals surface area contributed by atoms with Crippen LogP contribution in [0.1, 0.15) is 58.8 Å². The normalized spacial score (nSPS) is 23.7. The minimum Gasteiger partial charge on any atom is -0.304 e. The average Bonchev–Trinajstić information content (AvgIpc) is 2.47. The predicted molar refractivity (Wildman–Crippen MR) is 93.9 cm³/mol. The number of nitrogens with zero attached hydrogens (tertiary/aromatic N) is 2. The van der Waals surface area contributed by atoms with E-state index in [1.165, 1.54) is 84.2 Å². The molecule has 0 aromatic rings. The highest BCUT2D eigenvalue weighted by Crippen LogP contribution is 2.29. The Morgan fingerprint density at radius 3 is 1.75 bits per heavy atom. The Morgan fingerprint density at radius 1 is 0.800 bits per heavy atom. The van der Waals surface area contributed by atoms with Crippen LogP contribution in [0.15, 0.2) is 0 Å². The van der Waals surface area contributed by atoms with Crippen molar-refractivity contribution < 1.29 is 0 Å². The zero-order chi connectivity index (χ0) is 13.5. The van der Waals surface area contributed by atoms with E-state index in [1.54, 1.807) is 0 Å². The van der Waals surface area contributed by atoms with Crippen molar-refractivity contribution in [2.75, 3.05) is 39.3 Å². The number of hydrogen-bond donors (Lipinski definition) is 0. The average molecular weight is 301 g/mol. The van der Waals surface area contributed by atoms with Crippen LogP contribution in [0.2, 0.25) is 0 Å². The van der Waals surface area contributed by atoms with Gasteiger partial charge in [-0.25, -0.2) is 0 Å². The van der Waals surface area contributed by atoms with Gasteiger partial charge in [0.25, 0.3) is 0 Å². The van der Waals surface area contributed by atoms with E-state index >= 15 is 0 Å². The van der Waals surface area contributed by atoms with Gasteiger partial charge in [0.15, 0.2) is 0 Å². The molecule has 20 heavy (non-hydrogen) atoms. The molecule has 0 amide bonds. The molecular weight excluding hydrogens is 264 g/mol. The molecule has 0 atom stereocenters. The van der Waals surface area contributed by atoms with Crippen LogP contribution in [0.4, 0.5) is 0 Å². The molecule has 0 N–H and O–H groups in total. The van der Waals surface area contributed by atoms with Gasteiger partial charge in [-0.05, 0) is 89.6 Å². The van der Waals surface area contributed by atoms with Gasteiger partial charge in [0.05, 0.1) is 0 Å². The third kappa shape index (κ3) is 5.95. The molecule has 0 spiro atoms. The summed E-state index contributed by atoms with van der Waals surface area (Å²) in [5.41, 5.74) is 0. The Hall–Kier alpha value is 0.270. The van der Waals surface area contributed by atoms with Gasteiger partial charge in [0.2, 0.25) is 0 Å². The van der Waals surface area contributed by atoms with Crippen LogP contribution in [0, 0.1) is 11.8 Å². The van der Waals surface area contributed by atoms with Crippen LogP contribution in [-0.4, -0.2) is 49.1 Å². The van der Waals surface area contributed by atoms with Gasteiger partial charge in [-0.1, -0.05) is 20.3 Å². The van der Waals surface area contributed by atoms with Crippen molar-refractivity contribution in [2.45, 2.75) is 58.8 Å². The second-order valence-electron chi connectivity index (χ2n) is 6.75. The molecule has 2 aliphatic rings. The molecule has 2 rings (SSSR count). The summed E-state index contributed by atoms with van der Waals surface area (Å²) in [7, 11) is 0. The Labute approximate surface area is 133 Å². The van der Waals surface area contributed by atoms with Gasteiger partial charge in [0.1, 0.15) is 0 Å². The van der Waals surface area contributed by atoms with E-state index in [2.05, 4.69) is 23.6 Å². The quantitative estimate of drug-likeness (QED) is 0.737. The number of rotatable bonds is 6. The zero-order valence-electron chi connectivity index (χ0n) is 13.7. The Balaban J connectivity index is 0.00000200. The first-order chi connectivity index (χ1) is 9.31. The highest BCUT2D eigenvalue weighted by Gasteiger charge is 2.24. The zero-order valence-corrected chi connectivity index (χ0v) is 14.7. The maximum atomic E-state index is 2.69. The molecule has 0 saturated carbocycles. The van der Waals surface area contributed by atoms with Gasteiger partial charge in [-0.3, -0.25) is 0 Å². The first-order valence-electron chi connectivity index (χ1n) is 8.76. The molecule has 2 nitrogen and oxygen atoms in total. The van der Waals surface area contributed by atoms with E-state index in [0.717, 1.165) is 11.8 Å². The molecule has 2 fully saturated rings. The molecule has 0 bridgehead atoms. The van der Waals surface area contributed by atoms with Crippen molar-refractivity contribution in [3.8, 4) is 0 Å². The SMILES string of the molecule is CCCCN1CCC(CC2CCN(CC)CC2)CC1.S. The smallest absolute Gasteiger partial charge is 0.00161 e. The molecule has 2 heterocycles. The molecule has 2 saturated heterocycles. The van der Waals surface area contributed by atoms with E-state index in [9.17, 15) is 0 Å². The molecular formula is C17H36N2S. The van der Waals surface area contributed by atoms with Crippen molar-refractivity contribution in [1.82, 2.24) is 9.80 Å². The lowest BCUT2D eigenvalue weighted by molar-refractivity contribution is 0.134. The van der Waals surface area contributed by atoms with Crippen molar-refractivity contribution >= 4 is 13.5 Å². The van der Waals surface area contributed by atoms with Gasteiger partial charge in [-0.2, -0.15) is 13.5 Å². The Bertz CT molecular complexity index is 231. The summed E-state index contributed by atoms with van der Waals surface area (Å²) < 4.78 is 0. The maximum Gasteiger partial charge on any atom is -0.00161 e. The first-order valence-corrected chi connectivity index (χ1v) is 8.76. The third-order valence-corrected chi connectivity index (χ3v) is 5.36. The minimum absolute atomic E-state index is 0. The molecule has 0 unspecified atom stereocenters. The van der Waals surface area contributed by atoms with Crippen LogP contribution in [0.5, 0.6) is 0 Å². The summed E-state index contributed by atoms with van der Waals surface area (Å²) in [5, 5.41) is 0. The van der Waals surface area contributed by atoms with E-state index in [-0.39, 0.29) is 13.5 Å². The van der Waals surface area contributed by atoms with E-state index < -0.39 is 0 Å². The Morgan fingerprint density at radius 2 is 1.30 bits per heavy atom. The molecule has 120 valence electrons. The fourth-order valence-electron chi connectivity index (χ4n) is 3.84. The largest absolute Gasteiger partial charge is 0.304 e. The second-order valence-corrected chi connectivity index (χ2v) is 6.75. The second kappa shape index (κ2) is 10.1. The third-order valence-electron chi connectivity index (χ3n) is 5.36. The predicted octanol–water partition coefficient (Wildman–Crippen LogP) is 3.73. The fraction of sp³-hybridized carbons (Fsp3) is 1.00. The van der Waals surface area contributed by atoms with Gasteiger partial charge < -0.3 is 9.80 Å². The van der Waals surface area contributed by atoms with Gasteiger partial charge >= 0.3 is 0 Å². The van der Waals surface area contributed by atoms with E-state index in [0.29, 0.717) is 0 Å². The first kappa shape index (κ1) is 18.3. The monoisotopic (exact) mass is 300 g/mol. The lowest BCUT2D eigenvalue weighted by Gasteiger charge is -2.36. The number of likely N-dealkylation sites (tertiary alicyclic amines) is 2. The van der Waals surface area contributed by atoms with Crippen LogP contribution in [0.25, 0.3) is 0 Å². The maximum absolute atomic E-state index is 2.69. The van der Waals surface area contributed by atoms with Crippen molar-refractivity contribution in [3.63, 3.8) is 0 Å². The number of unbranched alkanes of at least 4 members (excludes halogenated alkanes) is 1. The molecule has 3 heteroatoms. The summed E-state index contributed by atoms with van der Waals surface area (Å²) in [4.78, 5) is 5.31. The Kier molecular flexibility index (Phi) is 9.23. The van der Waals surface area contributed by atoms with Crippen LogP contribution in [0.3, 0.4) is 0 Å². The van der Waals surface area contributed by atoms with E-state index in [1.807, 2.05) is 0 Å². The molecule has 0 aliphatic carbocycles. The fourth-order valence-corrected chi connectivity index (χ4v) is 3.84. The summed E-state index contributed by atoms with van der Waals surface area (Å²) in [6.07, 6.45) is 10.1. The van der Waals surface area contributed by atoms with Crippen LogP contribution in [-0.2, 0) is 0 Å². The lowest BCUT2D eigenvalue weighted by Crippen LogP contribution is -2.37. The molecule has 2 aliphatic heterocycles. The van der Waals surface area contributed by atoms with E-state index in [4.69, 9.17) is 0 Å². The molecule has 0 aromatic carbocycles. The summed E-state index contributed by atoms with van der Waals surface area (Å²) >= 11 is 0. The standard InChI is InChI=1S/C17H34N2.H2S/c1-3-5-10-19-13-8-17(9-14-19)15-16-6-11-18(4-2)12-7-16;/h16-17H,3-15H2,1-2H3;1H2. The van der Waals surface area contributed by atoms with Crippen LogP contribution >= 0.6 is 13.5 Å². The molecule has 0 aromatic heterocycles. The number of hydrogen-bond acceptors (Lipinski definition) is 2. The topological polar surface area (TPSA) is 6.48 Å². The molecule has 0 radical (unpaired) electrons.